The third-order valence-electron chi connectivity index (χ3n) is 4.77. The Morgan fingerprint density at radius 2 is 2.12 bits per heavy atom. The van der Waals surface area contributed by atoms with Crippen LogP contribution >= 0.6 is 11.6 Å². The Morgan fingerprint density at radius 3 is 2.92 bits per heavy atom. The number of anilines is 1. The molecule has 0 aliphatic carbocycles. The minimum Gasteiger partial charge on any atom is -0.325 e. The maximum absolute atomic E-state index is 12.2. The van der Waals surface area contributed by atoms with Crippen LogP contribution in [0.25, 0.3) is 0 Å². The van der Waals surface area contributed by atoms with Gasteiger partial charge in [-0.1, -0.05) is 30.2 Å². The third-order valence-corrected chi connectivity index (χ3v) is 5.10. The molecule has 1 aromatic carbocycles. The van der Waals surface area contributed by atoms with Crippen molar-refractivity contribution in [2.45, 2.75) is 44.7 Å². The lowest BCUT2D eigenvalue weighted by Crippen LogP contribution is -2.41. The highest BCUT2D eigenvalue weighted by atomic mass is 35.5. The van der Waals surface area contributed by atoms with Crippen molar-refractivity contribution in [2.24, 2.45) is 0 Å². The highest BCUT2D eigenvalue weighted by molar-refractivity contribution is 6.33. The molecule has 1 atom stereocenters. The lowest BCUT2D eigenvalue weighted by Gasteiger charge is -2.35. The molecule has 134 valence electrons. The Balaban J connectivity index is 1.47. The molecule has 1 amide bonds. The van der Waals surface area contributed by atoms with Crippen LogP contribution in [0.15, 0.2) is 42.7 Å². The van der Waals surface area contributed by atoms with Crippen LogP contribution in [0.5, 0.6) is 0 Å². The van der Waals surface area contributed by atoms with Gasteiger partial charge in [-0.2, -0.15) is 5.10 Å². The van der Waals surface area contributed by atoms with E-state index in [1.165, 1.54) is 19.3 Å². The number of nitrogens with zero attached hydrogens (tertiary/aromatic N) is 3. The van der Waals surface area contributed by atoms with Gasteiger partial charge in [0.25, 0.3) is 0 Å². The van der Waals surface area contributed by atoms with Gasteiger partial charge in [0, 0.05) is 37.9 Å². The fraction of sp³-hybridized carbons (Fsp3) is 0.474. The number of rotatable bonds is 7. The fourth-order valence-electron chi connectivity index (χ4n) is 3.42. The molecule has 0 radical (unpaired) electrons. The molecule has 1 N–H and O–H groups in total. The van der Waals surface area contributed by atoms with Crippen LogP contribution in [-0.4, -0.2) is 39.7 Å². The largest absolute Gasteiger partial charge is 0.325 e. The number of aromatic nitrogens is 2. The highest BCUT2D eigenvalue weighted by Crippen LogP contribution is 2.22. The summed E-state index contributed by atoms with van der Waals surface area (Å²) in [5.74, 6) is 0.0181. The number of para-hydroxylation sites is 1. The van der Waals surface area contributed by atoms with E-state index in [0.29, 0.717) is 23.2 Å². The number of amides is 1. The summed E-state index contributed by atoms with van der Waals surface area (Å²) >= 11 is 6.10. The van der Waals surface area contributed by atoms with Gasteiger partial charge in [0.2, 0.25) is 5.91 Å². The number of nitrogens with one attached hydrogen (secondary N) is 1. The second kappa shape index (κ2) is 9.02. The van der Waals surface area contributed by atoms with E-state index >= 15 is 0 Å². The van der Waals surface area contributed by atoms with Gasteiger partial charge < -0.3 is 5.32 Å². The van der Waals surface area contributed by atoms with Crippen LogP contribution < -0.4 is 5.32 Å². The Morgan fingerprint density at radius 1 is 1.24 bits per heavy atom. The molecule has 0 bridgehead atoms. The molecule has 1 aliphatic heterocycles. The molecule has 2 aromatic rings. The van der Waals surface area contributed by atoms with E-state index in [1.54, 1.807) is 6.07 Å². The first-order valence-corrected chi connectivity index (χ1v) is 9.36. The molecule has 1 saturated heterocycles. The van der Waals surface area contributed by atoms with Crippen molar-refractivity contribution in [3.05, 3.63) is 47.7 Å². The van der Waals surface area contributed by atoms with Crippen molar-refractivity contribution in [2.75, 3.05) is 18.4 Å². The zero-order chi connectivity index (χ0) is 17.5. The van der Waals surface area contributed by atoms with E-state index in [0.717, 1.165) is 26.1 Å². The molecule has 2 heterocycles. The quantitative estimate of drug-likeness (QED) is 0.816. The number of hydrogen-bond donors (Lipinski definition) is 1. The first-order chi connectivity index (χ1) is 12.2. The molecule has 1 aliphatic rings. The van der Waals surface area contributed by atoms with Crippen LogP contribution in [0.2, 0.25) is 5.02 Å². The number of likely N-dealkylation sites (tertiary alicyclic amines) is 1. The molecular formula is C19H25ClN4O. The van der Waals surface area contributed by atoms with E-state index in [2.05, 4.69) is 15.3 Å². The van der Waals surface area contributed by atoms with Crippen molar-refractivity contribution in [1.82, 2.24) is 14.7 Å². The lowest BCUT2D eigenvalue weighted by molar-refractivity contribution is -0.116. The summed E-state index contributed by atoms with van der Waals surface area (Å²) in [4.78, 5) is 14.7. The van der Waals surface area contributed by atoms with E-state index in [1.807, 2.05) is 41.3 Å². The molecule has 0 spiro atoms. The van der Waals surface area contributed by atoms with Crippen LogP contribution in [0.3, 0.4) is 0 Å². The molecule has 3 rings (SSSR count). The number of benzene rings is 1. The van der Waals surface area contributed by atoms with Crippen LogP contribution in [0.4, 0.5) is 5.69 Å². The third kappa shape index (κ3) is 5.31. The minimum atomic E-state index is 0.0181. The van der Waals surface area contributed by atoms with Gasteiger partial charge in [-0.05, 0) is 44.0 Å². The van der Waals surface area contributed by atoms with Gasteiger partial charge in [0.05, 0.1) is 10.7 Å². The standard InChI is InChI=1S/C19H25ClN4O/c20-17-7-1-2-8-18(17)22-19(25)10-14-23-12-4-3-6-16(23)9-15-24-13-5-11-21-24/h1-2,5,7-8,11,13,16H,3-4,6,9-10,12,14-15H2,(H,22,25)/t16-/m1/s1. The molecule has 25 heavy (non-hydrogen) atoms. The molecule has 6 heteroatoms. The molecule has 0 saturated carbocycles. The predicted molar refractivity (Wildman–Crippen MR) is 101 cm³/mol. The molecule has 1 aromatic heterocycles. The SMILES string of the molecule is O=C(CCN1CCCC[C@@H]1CCn1cccn1)Nc1ccccc1Cl. The van der Waals surface area contributed by atoms with Crippen LogP contribution in [0.1, 0.15) is 32.1 Å². The van der Waals surface area contributed by atoms with E-state index < -0.39 is 0 Å². The molecule has 5 nitrogen and oxygen atoms in total. The maximum atomic E-state index is 12.2. The van der Waals surface area contributed by atoms with Gasteiger partial charge in [0.15, 0.2) is 0 Å². The summed E-state index contributed by atoms with van der Waals surface area (Å²) < 4.78 is 1.98. The fourth-order valence-corrected chi connectivity index (χ4v) is 3.60. The van der Waals surface area contributed by atoms with Gasteiger partial charge in [0.1, 0.15) is 0 Å². The Bertz CT molecular complexity index is 674. The number of piperidine rings is 1. The first-order valence-electron chi connectivity index (χ1n) is 8.98. The summed E-state index contributed by atoms with van der Waals surface area (Å²) in [6.07, 6.45) is 9.07. The van der Waals surface area contributed by atoms with Crippen molar-refractivity contribution in [1.29, 1.82) is 0 Å². The number of carbonyl (C=O) groups is 1. The van der Waals surface area contributed by atoms with E-state index in [9.17, 15) is 4.79 Å². The van der Waals surface area contributed by atoms with Crippen molar-refractivity contribution in [3.8, 4) is 0 Å². The highest BCUT2D eigenvalue weighted by Gasteiger charge is 2.22. The zero-order valence-corrected chi connectivity index (χ0v) is 15.2. The van der Waals surface area contributed by atoms with E-state index in [4.69, 9.17) is 11.6 Å². The minimum absolute atomic E-state index is 0.0181. The topological polar surface area (TPSA) is 50.2 Å². The first kappa shape index (κ1) is 18.0. The maximum Gasteiger partial charge on any atom is 0.225 e. The molecule has 0 unspecified atom stereocenters. The Hall–Kier alpha value is -1.85. The summed E-state index contributed by atoms with van der Waals surface area (Å²) in [6.45, 7) is 2.79. The number of aryl methyl sites for hydroxylation is 1. The average Bonchev–Trinajstić information content (AvgIpc) is 3.14. The Labute approximate surface area is 154 Å². The number of hydrogen-bond acceptors (Lipinski definition) is 3. The summed E-state index contributed by atoms with van der Waals surface area (Å²) in [6, 6.07) is 9.83. The van der Waals surface area contributed by atoms with Gasteiger partial charge in [-0.3, -0.25) is 14.4 Å². The van der Waals surface area contributed by atoms with E-state index in [-0.39, 0.29) is 5.91 Å². The molecule has 1 fully saturated rings. The number of carbonyl (C=O) groups excluding carboxylic acids is 1. The van der Waals surface area contributed by atoms with Crippen LogP contribution in [0, 0.1) is 0 Å². The second-order valence-electron chi connectivity index (χ2n) is 6.52. The summed E-state index contributed by atoms with van der Waals surface area (Å²) in [5.41, 5.74) is 0.683. The van der Waals surface area contributed by atoms with Gasteiger partial charge in [-0.25, -0.2) is 0 Å². The zero-order valence-electron chi connectivity index (χ0n) is 14.4. The Kier molecular flexibility index (Phi) is 6.48. The van der Waals surface area contributed by atoms with Gasteiger partial charge >= 0.3 is 0 Å². The summed E-state index contributed by atoms with van der Waals surface area (Å²) in [5, 5.41) is 7.76. The van der Waals surface area contributed by atoms with Crippen molar-refractivity contribution in [3.63, 3.8) is 0 Å². The van der Waals surface area contributed by atoms with Crippen molar-refractivity contribution >= 4 is 23.2 Å². The number of halogens is 1. The predicted octanol–water partition coefficient (Wildman–Crippen LogP) is 3.81. The monoisotopic (exact) mass is 360 g/mol. The summed E-state index contributed by atoms with van der Waals surface area (Å²) in [7, 11) is 0. The smallest absolute Gasteiger partial charge is 0.225 e. The normalized spacial score (nSPS) is 18.2. The van der Waals surface area contributed by atoms with Crippen LogP contribution in [-0.2, 0) is 11.3 Å². The molecular weight excluding hydrogens is 336 g/mol. The van der Waals surface area contributed by atoms with Crippen molar-refractivity contribution < 1.29 is 4.79 Å². The average molecular weight is 361 g/mol. The van der Waals surface area contributed by atoms with Gasteiger partial charge in [-0.15, -0.1) is 0 Å². The second-order valence-corrected chi connectivity index (χ2v) is 6.93. The lowest BCUT2D eigenvalue weighted by atomic mass is 9.99.